The number of rotatable bonds is 10. The Morgan fingerprint density at radius 3 is 2.31 bits per heavy atom. The molecule has 0 radical (unpaired) electrons. The molecule has 2 aliphatic rings. The molecule has 1 saturated heterocycles. The monoisotopic (exact) mass is 786 g/mol. The fourth-order valence-corrected chi connectivity index (χ4v) is 13.3. The molecule has 4 heterocycles. The van der Waals surface area contributed by atoms with Crippen LogP contribution >= 0.6 is 27.7 Å². The number of nitrogens with zero attached hydrogens (tertiary/aromatic N) is 4. The van der Waals surface area contributed by atoms with Crippen molar-refractivity contribution < 1.29 is 18.7 Å². The predicted octanol–water partition coefficient (Wildman–Crippen LogP) is 6.48. The Bertz CT molecular complexity index is 2040. The molecule has 0 bridgehead atoms. The summed E-state index contributed by atoms with van der Waals surface area (Å²) in [6.07, 6.45) is 3.91. The molecule has 0 aliphatic carbocycles. The van der Waals surface area contributed by atoms with Gasteiger partial charge in [0.1, 0.15) is 11.6 Å². The van der Waals surface area contributed by atoms with Crippen LogP contribution in [0.25, 0.3) is 11.2 Å². The highest BCUT2D eigenvalue weighted by Crippen LogP contribution is 2.42. The number of aryl methyl sites for hydroxylation is 1. The number of aromatic amines is 1. The molecule has 2 aromatic heterocycles. The van der Waals surface area contributed by atoms with Crippen molar-refractivity contribution in [3.63, 3.8) is 0 Å². The van der Waals surface area contributed by atoms with Gasteiger partial charge in [-0.05, 0) is 75.6 Å². The van der Waals surface area contributed by atoms with Crippen LogP contribution in [0.15, 0.2) is 93.6 Å². The molecule has 2 N–H and O–H groups in total. The molecule has 51 heavy (non-hydrogen) atoms. The van der Waals surface area contributed by atoms with Gasteiger partial charge in [-0.1, -0.05) is 93.2 Å². The Hall–Kier alpha value is -3.91. The van der Waals surface area contributed by atoms with Crippen LogP contribution in [0.3, 0.4) is 0 Å². The van der Waals surface area contributed by atoms with E-state index >= 15 is 0 Å². The van der Waals surface area contributed by atoms with Gasteiger partial charge in [-0.2, -0.15) is 0 Å². The summed E-state index contributed by atoms with van der Waals surface area (Å²) < 4.78 is 21.1. The quantitative estimate of drug-likeness (QED) is 0.156. The number of nitrogens with one attached hydrogen (secondary N) is 2. The molecule has 10 nitrogen and oxygen atoms in total. The summed E-state index contributed by atoms with van der Waals surface area (Å²) in [6, 6.07) is 24.8. The molecule has 2 aliphatic heterocycles. The predicted molar refractivity (Wildman–Crippen MR) is 204 cm³/mol. The first-order valence-corrected chi connectivity index (χ1v) is 20.9. The third-order valence-corrected chi connectivity index (χ3v) is 16.9. The first kappa shape index (κ1) is 35.5. The number of carbonyl (C=O) groups excluding carboxylic acids is 1. The number of ether oxygens (including phenoxy) is 2. The zero-order chi connectivity index (χ0) is 35.8. The second kappa shape index (κ2) is 14.6. The normalized spacial score (nSPS) is 15.7. The van der Waals surface area contributed by atoms with Crippen molar-refractivity contribution in [2.24, 2.45) is 5.92 Å². The van der Waals surface area contributed by atoms with Crippen molar-refractivity contribution in [1.82, 2.24) is 24.4 Å². The maximum atomic E-state index is 14.0. The Labute approximate surface area is 311 Å². The second-order valence-corrected chi connectivity index (χ2v) is 20.4. The Kier molecular flexibility index (Phi) is 10.2. The number of aromatic nitrogens is 4. The lowest BCUT2D eigenvalue weighted by molar-refractivity contribution is -0.139. The van der Waals surface area contributed by atoms with Gasteiger partial charge >= 0.3 is 0 Å². The van der Waals surface area contributed by atoms with E-state index in [-0.39, 0.29) is 23.2 Å². The van der Waals surface area contributed by atoms with Crippen LogP contribution in [-0.2, 0) is 15.8 Å². The summed E-state index contributed by atoms with van der Waals surface area (Å²) in [7, 11) is -2.85. The van der Waals surface area contributed by atoms with Crippen LogP contribution in [0.5, 0.6) is 11.5 Å². The fraction of sp³-hybridized carbons (Fsp3) is 0.368. The number of halogens is 1. The van der Waals surface area contributed by atoms with Crippen molar-refractivity contribution in [3.8, 4) is 11.5 Å². The van der Waals surface area contributed by atoms with Crippen molar-refractivity contribution in [2.75, 3.05) is 19.9 Å². The molecule has 0 unspecified atom stereocenters. The summed E-state index contributed by atoms with van der Waals surface area (Å²) in [5.74, 6) is 1.92. The summed E-state index contributed by atoms with van der Waals surface area (Å²) in [5.41, 5.74) is 1.47. The van der Waals surface area contributed by atoms with Gasteiger partial charge in [0, 0.05) is 29.0 Å². The van der Waals surface area contributed by atoms with E-state index in [2.05, 4.69) is 95.2 Å². The topological polar surface area (TPSA) is 118 Å². The number of amides is 1. The highest BCUT2D eigenvalue weighted by molar-refractivity contribution is 9.10. The average molecular weight is 788 g/mol. The number of H-pyrrole nitrogens is 1. The lowest BCUT2D eigenvalue weighted by Gasteiger charge is -2.45. The van der Waals surface area contributed by atoms with E-state index in [0.717, 1.165) is 35.2 Å². The minimum atomic E-state index is -2.85. The zero-order valence-electron chi connectivity index (χ0n) is 29.3. The minimum absolute atomic E-state index is 0.0587. The van der Waals surface area contributed by atoms with Crippen LogP contribution in [0, 0.1) is 11.3 Å². The third-order valence-electron chi connectivity index (χ3n) is 9.95. The summed E-state index contributed by atoms with van der Waals surface area (Å²) in [6.45, 7) is 11.0. The maximum Gasteiger partial charge on any atom is 0.262 e. The molecule has 1 amide bonds. The Morgan fingerprint density at radius 2 is 1.69 bits per heavy atom. The molecule has 13 heteroatoms. The van der Waals surface area contributed by atoms with Gasteiger partial charge in [-0.25, -0.2) is 9.97 Å². The van der Waals surface area contributed by atoms with Gasteiger partial charge in [-0.3, -0.25) is 10.2 Å². The van der Waals surface area contributed by atoms with Gasteiger partial charge in [0.15, 0.2) is 27.8 Å². The highest BCUT2D eigenvalue weighted by atomic mass is 79.9. The van der Waals surface area contributed by atoms with E-state index in [1.165, 1.54) is 22.1 Å². The van der Waals surface area contributed by atoms with Gasteiger partial charge in [-0.15, -0.1) is 0 Å². The molecule has 7 rings (SSSR count). The van der Waals surface area contributed by atoms with Gasteiger partial charge < -0.3 is 28.4 Å². The maximum absolute atomic E-state index is 14.0. The molecular weight excluding hydrogens is 745 g/mol. The number of hydrogen-bond donors (Lipinski definition) is 2. The Balaban J connectivity index is 1.00. The lowest BCUT2D eigenvalue weighted by atomic mass is 9.93. The largest absolute Gasteiger partial charge is 0.454 e. The lowest BCUT2D eigenvalue weighted by Crippen LogP contribution is -2.68. The first-order valence-electron chi connectivity index (χ1n) is 17.4. The molecule has 5 aromatic rings. The van der Waals surface area contributed by atoms with E-state index < -0.39 is 14.4 Å². The van der Waals surface area contributed by atoms with Crippen molar-refractivity contribution in [1.29, 1.82) is 5.41 Å². The number of hydrogen-bond acceptors (Lipinski definition) is 8. The summed E-state index contributed by atoms with van der Waals surface area (Å²) >= 11 is 5.08. The zero-order valence-corrected chi connectivity index (χ0v) is 32.7. The van der Waals surface area contributed by atoms with E-state index in [1.54, 1.807) is 6.33 Å². The number of carbonyl (C=O) groups is 1. The van der Waals surface area contributed by atoms with Crippen LogP contribution in [0.4, 0.5) is 0 Å². The molecule has 0 saturated carbocycles. The number of piperidine rings is 1. The first-order chi connectivity index (χ1) is 24.5. The molecule has 1 atom stereocenters. The molecule has 266 valence electrons. The van der Waals surface area contributed by atoms with Crippen molar-refractivity contribution in [2.45, 2.75) is 74.7 Å². The smallest absolute Gasteiger partial charge is 0.262 e. The van der Waals surface area contributed by atoms with E-state index in [9.17, 15) is 4.79 Å². The van der Waals surface area contributed by atoms with Crippen LogP contribution in [-0.4, -0.2) is 64.6 Å². The summed E-state index contributed by atoms with van der Waals surface area (Å²) in [5, 5.41) is 11.2. The SMILES string of the molecule is C[C@@H](O[Si](c1ccccc1)(c1ccccc1)C(C)(C)C)C(=O)N1CCC(CCn2cnc(=N)c3[nH]c(Sc4cc5c(cc4Br)OCO5)nc32)CC1. The van der Waals surface area contributed by atoms with Crippen LogP contribution in [0.1, 0.15) is 47.0 Å². The van der Waals surface area contributed by atoms with E-state index in [4.69, 9.17) is 24.3 Å². The molecule has 0 spiro atoms. The highest BCUT2D eigenvalue weighted by Gasteiger charge is 2.52. The van der Waals surface area contributed by atoms with Gasteiger partial charge in [0.25, 0.3) is 8.32 Å². The minimum Gasteiger partial charge on any atom is -0.454 e. The molecule has 1 fully saturated rings. The fourth-order valence-electron chi connectivity index (χ4n) is 7.28. The third kappa shape index (κ3) is 7.13. The molecular formula is C38H43BrN6O4SSi. The van der Waals surface area contributed by atoms with Crippen molar-refractivity contribution >= 4 is 63.5 Å². The number of likely N-dealkylation sites (tertiary alicyclic amines) is 1. The Morgan fingerprint density at radius 1 is 1.06 bits per heavy atom. The van der Waals surface area contributed by atoms with Gasteiger partial charge in [0.2, 0.25) is 12.7 Å². The average Bonchev–Trinajstić information content (AvgIpc) is 3.78. The number of imidazole rings is 1. The van der Waals surface area contributed by atoms with Gasteiger partial charge in [0.05, 0.1) is 6.33 Å². The second-order valence-electron chi connectivity index (χ2n) is 14.2. The van der Waals surface area contributed by atoms with E-state index in [0.29, 0.717) is 46.8 Å². The number of fused-ring (bicyclic) bond motifs is 2. The van der Waals surface area contributed by atoms with Crippen LogP contribution < -0.4 is 25.3 Å². The number of benzene rings is 3. The van der Waals surface area contributed by atoms with E-state index in [1.807, 2.05) is 40.7 Å². The van der Waals surface area contributed by atoms with Crippen molar-refractivity contribution in [3.05, 3.63) is 89.1 Å². The molecule has 3 aromatic carbocycles. The van der Waals surface area contributed by atoms with Crippen LogP contribution in [0.2, 0.25) is 5.04 Å². The summed E-state index contributed by atoms with van der Waals surface area (Å²) in [4.78, 5) is 29.4. The standard InChI is InChI=1S/C38H43BrN6O4SSi/c1-25(49-51(38(2,3)4,27-11-7-5-8-12-27)28-13-9-6-10-14-28)36(46)44-18-15-26(16-19-44)17-20-45-23-41-34(40)33-35(45)43-37(42-33)50-32-22-31-30(21-29(32)39)47-24-48-31/h5-14,21-23,25-26,40H,15-20,24H2,1-4H3,(H,42,43)/t25-/m1/s1.